The van der Waals surface area contributed by atoms with Crippen molar-refractivity contribution < 1.29 is 9.90 Å². The molecule has 4 heteroatoms. The highest BCUT2D eigenvalue weighted by Crippen LogP contribution is 2.07. The molecule has 0 aromatic carbocycles. The van der Waals surface area contributed by atoms with Crippen LogP contribution in [0.5, 0.6) is 0 Å². The molecule has 0 spiro atoms. The molecule has 0 heterocycles. The molecule has 0 aliphatic carbocycles. The number of carbonyl (C=O) groups excluding carboxylic acids is 1. The molecule has 0 radical (unpaired) electrons. The summed E-state index contributed by atoms with van der Waals surface area (Å²) in [5.41, 5.74) is 4.76. The molecule has 0 fully saturated rings. The van der Waals surface area contributed by atoms with E-state index in [-0.39, 0.29) is 11.9 Å². The summed E-state index contributed by atoms with van der Waals surface area (Å²) >= 11 is 0. The van der Waals surface area contributed by atoms with Crippen LogP contribution in [0.4, 0.5) is 0 Å². The van der Waals surface area contributed by atoms with Gasteiger partial charge in [-0.05, 0) is 34.1 Å². The molecule has 0 saturated heterocycles. The molecule has 0 bridgehead atoms. The number of hydrogen-bond donors (Lipinski definition) is 2. The number of amides is 1. The molecule has 1 unspecified atom stereocenters. The largest absolute Gasteiger partial charge is 0.389 e. The van der Waals surface area contributed by atoms with Crippen LogP contribution in [0.2, 0.25) is 0 Å². The first-order valence-corrected chi connectivity index (χ1v) is 5.52. The van der Waals surface area contributed by atoms with E-state index in [2.05, 4.69) is 0 Å². The smallest absolute Gasteiger partial charge is 0.222 e. The minimum atomic E-state index is -0.833. The van der Waals surface area contributed by atoms with Crippen molar-refractivity contribution in [2.24, 2.45) is 5.73 Å². The summed E-state index contributed by atoms with van der Waals surface area (Å²) in [5.74, 6) is 0.0666. The van der Waals surface area contributed by atoms with E-state index in [1.807, 2.05) is 13.8 Å². The van der Waals surface area contributed by atoms with Crippen LogP contribution < -0.4 is 5.73 Å². The average Bonchev–Trinajstić information content (AvgIpc) is 2.08. The zero-order valence-electron chi connectivity index (χ0n) is 10.3. The molecule has 0 aromatic rings. The van der Waals surface area contributed by atoms with Crippen molar-refractivity contribution in [2.45, 2.75) is 52.2 Å². The number of likely N-dealkylation sites (N-methyl/N-ethyl adjacent to an activating group) is 1. The summed E-state index contributed by atoms with van der Waals surface area (Å²) in [6.07, 6.45) is 1.16. The molecule has 90 valence electrons. The van der Waals surface area contributed by atoms with Gasteiger partial charge in [-0.3, -0.25) is 4.79 Å². The van der Waals surface area contributed by atoms with Crippen molar-refractivity contribution in [1.82, 2.24) is 4.90 Å². The zero-order chi connectivity index (χ0) is 12.1. The summed E-state index contributed by atoms with van der Waals surface area (Å²) in [4.78, 5) is 13.4. The highest BCUT2D eigenvalue weighted by molar-refractivity contribution is 5.76. The maximum atomic E-state index is 11.7. The van der Waals surface area contributed by atoms with Gasteiger partial charge in [0, 0.05) is 25.6 Å². The lowest BCUT2D eigenvalue weighted by molar-refractivity contribution is -0.134. The summed E-state index contributed by atoms with van der Waals surface area (Å²) in [7, 11) is 0. The summed E-state index contributed by atoms with van der Waals surface area (Å²) < 4.78 is 0. The van der Waals surface area contributed by atoms with Crippen LogP contribution in [0.15, 0.2) is 0 Å². The first-order chi connectivity index (χ1) is 6.76. The first-order valence-electron chi connectivity index (χ1n) is 5.52. The predicted molar refractivity (Wildman–Crippen MR) is 61.4 cm³/mol. The second-order valence-corrected chi connectivity index (χ2v) is 4.74. The van der Waals surface area contributed by atoms with Gasteiger partial charge in [-0.15, -0.1) is 0 Å². The van der Waals surface area contributed by atoms with Gasteiger partial charge in [0.1, 0.15) is 0 Å². The SMILES string of the molecule is CCN(CC(C)(C)O)C(=O)CCC(C)N. The van der Waals surface area contributed by atoms with E-state index in [9.17, 15) is 9.90 Å². The highest BCUT2D eigenvalue weighted by atomic mass is 16.3. The second kappa shape index (κ2) is 6.08. The van der Waals surface area contributed by atoms with Gasteiger partial charge in [-0.1, -0.05) is 0 Å². The van der Waals surface area contributed by atoms with Gasteiger partial charge in [0.15, 0.2) is 0 Å². The van der Waals surface area contributed by atoms with Crippen LogP contribution in [-0.4, -0.2) is 40.6 Å². The molecule has 3 N–H and O–H groups in total. The lowest BCUT2D eigenvalue weighted by atomic mass is 10.1. The minimum absolute atomic E-state index is 0.0507. The molecule has 0 aliphatic heterocycles. The predicted octanol–water partition coefficient (Wildman–Crippen LogP) is 0.733. The van der Waals surface area contributed by atoms with Gasteiger partial charge < -0.3 is 15.7 Å². The third-order valence-electron chi connectivity index (χ3n) is 2.13. The van der Waals surface area contributed by atoms with Crippen LogP contribution in [0.3, 0.4) is 0 Å². The van der Waals surface area contributed by atoms with Crippen LogP contribution in [0.1, 0.15) is 40.5 Å². The zero-order valence-corrected chi connectivity index (χ0v) is 10.3. The van der Waals surface area contributed by atoms with Crippen LogP contribution in [-0.2, 0) is 4.79 Å². The van der Waals surface area contributed by atoms with Gasteiger partial charge in [0.2, 0.25) is 5.91 Å². The van der Waals surface area contributed by atoms with Gasteiger partial charge in [-0.2, -0.15) is 0 Å². The molecule has 0 aliphatic rings. The quantitative estimate of drug-likeness (QED) is 0.688. The number of aliphatic hydroxyl groups is 1. The van der Waals surface area contributed by atoms with E-state index in [1.165, 1.54) is 0 Å². The summed E-state index contributed by atoms with van der Waals surface area (Å²) in [6, 6.07) is 0.0507. The molecule has 0 saturated carbocycles. The Bertz CT molecular complexity index is 197. The summed E-state index contributed by atoms with van der Waals surface area (Å²) in [5, 5.41) is 9.63. The molecule has 1 amide bonds. The third kappa shape index (κ3) is 7.33. The van der Waals surface area contributed by atoms with Crippen molar-refractivity contribution in [1.29, 1.82) is 0 Å². The van der Waals surface area contributed by atoms with Gasteiger partial charge in [0.05, 0.1) is 5.60 Å². The van der Waals surface area contributed by atoms with Crippen LogP contribution in [0.25, 0.3) is 0 Å². The first kappa shape index (κ1) is 14.4. The van der Waals surface area contributed by atoms with Gasteiger partial charge in [-0.25, -0.2) is 0 Å². The van der Waals surface area contributed by atoms with Crippen molar-refractivity contribution in [3.8, 4) is 0 Å². The fourth-order valence-corrected chi connectivity index (χ4v) is 1.35. The Labute approximate surface area is 92.4 Å². The van der Waals surface area contributed by atoms with Crippen molar-refractivity contribution in [3.05, 3.63) is 0 Å². The van der Waals surface area contributed by atoms with Crippen molar-refractivity contribution in [3.63, 3.8) is 0 Å². The van der Waals surface area contributed by atoms with Crippen LogP contribution >= 0.6 is 0 Å². The Morgan fingerprint density at radius 2 is 2.07 bits per heavy atom. The fourth-order valence-electron chi connectivity index (χ4n) is 1.35. The Morgan fingerprint density at radius 3 is 2.40 bits per heavy atom. The molecule has 15 heavy (non-hydrogen) atoms. The molecule has 4 nitrogen and oxygen atoms in total. The molecule has 0 aromatic heterocycles. The topological polar surface area (TPSA) is 66.6 Å². The molecular weight excluding hydrogens is 192 g/mol. The van der Waals surface area contributed by atoms with E-state index in [4.69, 9.17) is 5.73 Å². The van der Waals surface area contributed by atoms with E-state index < -0.39 is 5.60 Å². The number of rotatable bonds is 6. The maximum absolute atomic E-state index is 11.7. The highest BCUT2D eigenvalue weighted by Gasteiger charge is 2.20. The molecule has 0 rings (SSSR count). The van der Waals surface area contributed by atoms with Crippen molar-refractivity contribution >= 4 is 5.91 Å². The maximum Gasteiger partial charge on any atom is 0.222 e. The van der Waals surface area contributed by atoms with Gasteiger partial charge in [0.25, 0.3) is 0 Å². The molecule has 1 atom stereocenters. The number of nitrogens with two attached hydrogens (primary N) is 1. The lowest BCUT2D eigenvalue weighted by Gasteiger charge is -2.28. The van der Waals surface area contributed by atoms with Crippen molar-refractivity contribution in [2.75, 3.05) is 13.1 Å². The van der Waals surface area contributed by atoms with E-state index in [0.717, 1.165) is 0 Å². The Hall–Kier alpha value is -0.610. The van der Waals surface area contributed by atoms with E-state index >= 15 is 0 Å². The minimum Gasteiger partial charge on any atom is -0.389 e. The lowest BCUT2D eigenvalue weighted by Crippen LogP contribution is -2.42. The van der Waals surface area contributed by atoms with E-state index in [0.29, 0.717) is 25.9 Å². The number of nitrogens with zero attached hydrogens (tertiary/aromatic N) is 1. The normalized spacial score (nSPS) is 13.7. The van der Waals surface area contributed by atoms with Gasteiger partial charge >= 0.3 is 0 Å². The molecular formula is C11H24N2O2. The Kier molecular flexibility index (Phi) is 5.83. The Balaban J connectivity index is 4.11. The van der Waals surface area contributed by atoms with Crippen LogP contribution in [0, 0.1) is 0 Å². The Morgan fingerprint density at radius 1 is 1.53 bits per heavy atom. The van der Waals surface area contributed by atoms with E-state index in [1.54, 1.807) is 18.7 Å². The fraction of sp³-hybridized carbons (Fsp3) is 0.909. The summed E-state index contributed by atoms with van der Waals surface area (Å²) in [6.45, 7) is 8.21. The second-order valence-electron chi connectivity index (χ2n) is 4.74. The third-order valence-corrected chi connectivity index (χ3v) is 2.13. The number of hydrogen-bond acceptors (Lipinski definition) is 3. The average molecular weight is 216 g/mol. The standard InChI is InChI=1S/C11H24N2O2/c1-5-13(8-11(3,4)15)10(14)7-6-9(2)12/h9,15H,5-8,12H2,1-4H3. The number of carbonyl (C=O) groups is 1. The monoisotopic (exact) mass is 216 g/mol.